The lowest BCUT2D eigenvalue weighted by Gasteiger charge is -2.29. The smallest absolute Gasteiger partial charge is 0.408 e. The fraction of sp³-hybridized carbons (Fsp3) is 0.857. The van der Waals surface area contributed by atoms with Crippen molar-refractivity contribution in [1.82, 2.24) is 16.0 Å². The Kier molecular flexibility index (Phi) is 11.6. The van der Waals surface area contributed by atoms with Crippen LogP contribution in [0.4, 0.5) is 9.18 Å². The van der Waals surface area contributed by atoms with Gasteiger partial charge < -0.3 is 20.7 Å². The van der Waals surface area contributed by atoms with Gasteiger partial charge in [-0.1, -0.05) is 0 Å². The van der Waals surface area contributed by atoms with Crippen LogP contribution in [0.15, 0.2) is 4.99 Å². The van der Waals surface area contributed by atoms with Gasteiger partial charge in [-0.25, -0.2) is 4.79 Å². The van der Waals surface area contributed by atoms with Crippen molar-refractivity contribution in [2.45, 2.75) is 52.2 Å². The standard InChI is InChI=1S/C14H29FN4O2.HI/c1-13(2,3)21-12(20)19-14(4,5)10-18-11(16-6)17-9-7-8-15;/h7-10H2,1-6H3,(H,19,20)(H2,16,17,18);1H. The Labute approximate surface area is 150 Å². The second-order valence-corrected chi connectivity index (χ2v) is 6.41. The third kappa shape index (κ3) is 12.9. The zero-order valence-electron chi connectivity index (χ0n) is 14.4. The molecule has 0 saturated heterocycles. The third-order valence-electron chi connectivity index (χ3n) is 2.36. The van der Waals surface area contributed by atoms with Crippen molar-refractivity contribution in [2.24, 2.45) is 4.99 Å². The normalized spacial score (nSPS) is 12.2. The first-order valence-corrected chi connectivity index (χ1v) is 7.11. The number of ether oxygens (including phenoxy) is 1. The van der Waals surface area contributed by atoms with Crippen LogP contribution in [0.1, 0.15) is 41.0 Å². The first-order valence-electron chi connectivity index (χ1n) is 7.11. The van der Waals surface area contributed by atoms with E-state index in [1.54, 1.807) is 7.05 Å². The Morgan fingerprint density at radius 1 is 1.18 bits per heavy atom. The van der Waals surface area contributed by atoms with Gasteiger partial charge in [0, 0.05) is 20.1 Å². The van der Waals surface area contributed by atoms with Crippen LogP contribution in [0.2, 0.25) is 0 Å². The average molecular weight is 432 g/mol. The van der Waals surface area contributed by atoms with Crippen LogP contribution >= 0.6 is 24.0 Å². The second kappa shape index (κ2) is 10.8. The topological polar surface area (TPSA) is 74.8 Å². The molecule has 0 aromatic rings. The second-order valence-electron chi connectivity index (χ2n) is 6.41. The molecule has 6 nitrogen and oxygen atoms in total. The van der Waals surface area contributed by atoms with Crippen LogP contribution in [0.5, 0.6) is 0 Å². The molecule has 0 radical (unpaired) electrons. The van der Waals surface area contributed by atoms with Gasteiger partial charge in [0.2, 0.25) is 0 Å². The van der Waals surface area contributed by atoms with Gasteiger partial charge in [0.15, 0.2) is 5.96 Å². The number of carbonyl (C=O) groups excluding carboxylic acids is 1. The lowest BCUT2D eigenvalue weighted by molar-refractivity contribution is 0.0474. The van der Waals surface area contributed by atoms with E-state index in [4.69, 9.17) is 4.74 Å². The molecular weight excluding hydrogens is 402 g/mol. The Balaban J connectivity index is 0. The maximum absolute atomic E-state index is 12.0. The summed E-state index contributed by atoms with van der Waals surface area (Å²) in [5.41, 5.74) is -1.04. The summed E-state index contributed by atoms with van der Waals surface area (Å²) in [6, 6.07) is 0. The number of rotatable bonds is 6. The van der Waals surface area contributed by atoms with Crippen LogP contribution in [0.3, 0.4) is 0 Å². The van der Waals surface area contributed by atoms with Gasteiger partial charge in [0.25, 0.3) is 0 Å². The summed E-state index contributed by atoms with van der Waals surface area (Å²) in [5, 5.41) is 8.87. The SMILES string of the molecule is CN=C(NCCCF)NCC(C)(C)NC(=O)OC(C)(C)C.I. The van der Waals surface area contributed by atoms with E-state index in [0.717, 1.165) is 0 Å². The number of nitrogens with one attached hydrogen (secondary N) is 3. The summed E-state index contributed by atoms with van der Waals surface area (Å²) in [5.74, 6) is 0.572. The number of nitrogens with zero attached hydrogens (tertiary/aromatic N) is 1. The molecule has 132 valence electrons. The molecule has 1 amide bonds. The maximum Gasteiger partial charge on any atom is 0.408 e. The van der Waals surface area contributed by atoms with Crippen molar-refractivity contribution in [3.8, 4) is 0 Å². The summed E-state index contributed by atoms with van der Waals surface area (Å²) < 4.78 is 17.3. The van der Waals surface area contributed by atoms with E-state index in [9.17, 15) is 9.18 Å². The molecule has 0 aromatic heterocycles. The van der Waals surface area contributed by atoms with Gasteiger partial charge in [0.05, 0.1) is 12.2 Å². The van der Waals surface area contributed by atoms with E-state index >= 15 is 0 Å². The number of aliphatic imine (C=N–C) groups is 1. The summed E-state index contributed by atoms with van der Waals surface area (Å²) in [7, 11) is 1.64. The average Bonchev–Trinajstić information content (AvgIpc) is 2.30. The lowest BCUT2D eigenvalue weighted by atomic mass is 10.1. The Hall–Kier alpha value is -0.800. The van der Waals surface area contributed by atoms with Gasteiger partial charge >= 0.3 is 6.09 Å². The van der Waals surface area contributed by atoms with Crippen molar-refractivity contribution >= 4 is 36.0 Å². The molecule has 0 fully saturated rings. The van der Waals surface area contributed by atoms with Crippen LogP contribution in [0, 0.1) is 0 Å². The maximum atomic E-state index is 12.0. The van der Waals surface area contributed by atoms with Crippen LogP contribution in [-0.2, 0) is 4.74 Å². The molecule has 8 heteroatoms. The van der Waals surface area contributed by atoms with Crippen molar-refractivity contribution < 1.29 is 13.9 Å². The molecule has 0 saturated carbocycles. The minimum absolute atomic E-state index is 0. The van der Waals surface area contributed by atoms with Gasteiger partial charge in [-0.15, -0.1) is 24.0 Å². The molecular formula is C14H30FIN4O2. The zero-order valence-corrected chi connectivity index (χ0v) is 16.7. The monoisotopic (exact) mass is 432 g/mol. The van der Waals surface area contributed by atoms with Crippen molar-refractivity contribution in [3.05, 3.63) is 0 Å². The number of amides is 1. The third-order valence-corrected chi connectivity index (χ3v) is 2.36. The minimum atomic E-state index is -0.530. The predicted molar refractivity (Wildman–Crippen MR) is 98.8 cm³/mol. The van der Waals surface area contributed by atoms with Crippen molar-refractivity contribution in [1.29, 1.82) is 0 Å². The van der Waals surface area contributed by atoms with Gasteiger partial charge in [0.1, 0.15) is 5.60 Å². The molecule has 0 atom stereocenters. The number of alkyl halides is 1. The van der Waals surface area contributed by atoms with E-state index in [2.05, 4.69) is 20.9 Å². The number of halogens is 2. The fourth-order valence-corrected chi connectivity index (χ4v) is 1.42. The largest absolute Gasteiger partial charge is 0.444 e. The van der Waals surface area contributed by atoms with E-state index in [1.165, 1.54) is 0 Å². The molecule has 0 spiro atoms. The molecule has 0 heterocycles. The molecule has 0 aliphatic carbocycles. The molecule has 22 heavy (non-hydrogen) atoms. The van der Waals surface area contributed by atoms with Gasteiger partial charge in [-0.05, 0) is 41.0 Å². The first kappa shape index (κ1) is 23.5. The summed E-state index contributed by atoms with van der Waals surface area (Å²) in [6.45, 7) is 9.79. The number of guanidine groups is 1. The van der Waals surface area contributed by atoms with Crippen LogP contribution < -0.4 is 16.0 Å². The zero-order chi connectivity index (χ0) is 16.5. The molecule has 0 rings (SSSR count). The molecule has 0 unspecified atom stereocenters. The van der Waals surface area contributed by atoms with Crippen LogP contribution in [0.25, 0.3) is 0 Å². The number of hydrogen-bond acceptors (Lipinski definition) is 3. The highest BCUT2D eigenvalue weighted by atomic mass is 127. The van der Waals surface area contributed by atoms with Crippen LogP contribution in [-0.4, -0.2) is 50.0 Å². The van der Waals surface area contributed by atoms with Crippen molar-refractivity contribution in [2.75, 3.05) is 26.8 Å². The number of hydrogen-bond donors (Lipinski definition) is 3. The minimum Gasteiger partial charge on any atom is -0.444 e. The fourth-order valence-electron chi connectivity index (χ4n) is 1.42. The van der Waals surface area contributed by atoms with E-state index < -0.39 is 17.2 Å². The van der Waals surface area contributed by atoms with Gasteiger partial charge in [-0.2, -0.15) is 0 Å². The highest BCUT2D eigenvalue weighted by molar-refractivity contribution is 14.0. The highest BCUT2D eigenvalue weighted by Crippen LogP contribution is 2.08. The van der Waals surface area contributed by atoms with E-state index in [0.29, 0.717) is 25.5 Å². The molecule has 0 aliphatic rings. The molecule has 0 aromatic carbocycles. The molecule has 3 N–H and O–H groups in total. The van der Waals surface area contributed by atoms with E-state index in [-0.39, 0.29) is 30.7 Å². The number of carbonyl (C=O) groups is 1. The Morgan fingerprint density at radius 3 is 2.23 bits per heavy atom. The Morgan fingerprint density at radius 2 is 1.77 bits per heavy atom. The summed E-state index contributed by atoms with van der Waals surface area (Å²) in [6.07, 6.45) is -0.0325. The summed E-state index contributed by atoms with van der Waals surface area (Å²) in [4.78, 5) is 15.8. The molecule has 0 aliphatic heterocycles. The highest BCUT2D eigenvalue weighted by Gasteiger charge is 2.24. The molecule has 0 bridgehead atoms. The van der Waals surface area contributed by atoms with E-state index in [1.807, 2.05) is 34.6 Å². The first-order chi connectivity index (χ1) is 9.59. The van der Waals surface area contributed by atoms with Crippen molar-refractivity contribution in [3.63, 3.8) is 0 Å². The predicted octanol–water partition coefficient (Wildman–Crippen LogP) is 2.43. The summed E-state index contributed by atoms with van der Waals surface area (Å²) >= 11 is 0. The van der Waals surface area contributed by atoms with Gasteiger partial charge in [-0.3, -0.25) is 9.38 Å². The quantitative estimate of drug-likeness (QED) is 0.261. The Bertz CT molecular complexity index is 357. The lowest BCUT2D eigenvalue weighted by Crippen LogP contribution is -2.54. The number of alkyl carbamates (subject to hydrolysis) is 1.